The molecule has 0 aliphatic heterocycles. The number of nitrogen functional groups attached to an aromatic ring is 1. The van der Waals surface area contributed by atoms with Gasteiger partial charge in [0.05, 0.1) is 31.0 Å². The lowest BCUT2D eigenvalue weighted by Gasteiger charge is -2.06. The Bertz CT molecular complexity index is 459. The van der Waals surface area contributed by atoms with Crippen molar-refractivity contribution in [3.05, 3.63) is 29.4 Å². The molecule has 6 heteroatoms. The number of halogens is 1. The normalized spacial score (nSPS) is 10.8. The standard InChI is InChI=1S/C9H12ClN5/c1-2-14-6-12-3-7(14)5-15-9(11)8(10)4-13-15/h3-4,6H,2,5,11H2,1H3. The minimum atomic E-state index is 0.484. The highest BCUT2D eigenvalue weighted by atomic mass is 35.5. The molecule has 2 heterocycles. The van der Waals surface area contributed by atoms with E-state index in [1.54, 1.807) is 23.4 Å². The molecule has 0 saturated heterocycles. The first-order valence-electron chi connectivity index (χ1n) is 4.68. The molecule has 0 amide bonds. The maximum Gasteiger partial charge on any atom is 0.141 e. The predicted octanol–water partition coefficient (Wildman–Crippen LogP) is 1.38. The molecule has 5 nitrogen and oxygen atoms in total. The second-order valence-electron chi connectivity index (χ2n) is 3.21. The molecule has 0 unspecified atom stereocenters. The summed E-state index contributed by atoms with van der Waals surface area (Å²) >= 11 is 5.81. The summed E-state index contributed by atoms with van der Waals surface area (Å²) in [5.41, 5.74) is 6.81. The van der Waals surface area contributed by atoms with Crippen LogP contribution in [-0.4, -0.2) is 19.3 Å². The minimum absolute atomic E-state index is 0.484. The topological polar surface area (TPSA) is 61.7 Å². The Balaban J connectivity index is 2.25. The van der Waals surface area contributed by atoms with E-state index in [1.165, 1.54) is 0 Å². The van der Waals surface area contributed by atoms with Crippen LogP contribution in [0.15, 0.2) is 18.7 Å². The molecule has 2 N–H and O–H groups in total. The summed E-state index contributed by atoms with van der Waals surface area (Å²) in [6.07, 6.45) is 5.14. The molecule has 15 heavy (non-hydrogen) atoms. The summed E-state index contributed by atoms with van der Waals surface area (Å²) < 4.78 is 3.69. The van der Waals surface area contributed by atoms with Gasteiger partial charge in [-0.2, -0.15) is 5.10 Å². The van der Waals surface area contributed by atoms with Crippen molar-refractivity contribution in [1.82, 2.24) is 19.3 Å². The minimum Gasteiger partial charge on any atom is -0.383 e. The molecule has 0 aliphatic rings. The van der Waals surface area contributed by atoms with E-state index in [1.807, 2.05) is 4.57 Å². The van der Waals surface area contributed by atoms with Gasteiger partial charge in [0.1, 0.15) is 10.8 Å². The predicted molar refractivity (Wildman–Crippen MR) is 58.7 cm³/mol. The molecule has 0 saturated carbocycles. The molecule has 0 spiro atoms. The van der Waals surface area contributed by atoms with Crippen molar-refractivity contribution in [2.45, 2.75) is 20.0 Å². The van der Waals surface area contributed by atoms with Crippen LogP contribution in [0.2, 0.25) is 5.02 Å². The van der Waals surface area contributed by atoms with Crippen LogP contribution < -0.4 is 5.73 Å². The quantitative estimate of drug-likeness (QED) is 0.859. The Hall–Kier alpha value is -1.49. The summed E-state index contributed by atoms with van der Waals surface area (Å²) in [6.45, 7) is 3.53. The maximum absolute atomic E-state index is 5.81. The van der Waals surface area contributed by atoms with Crippen LogP contribution in [-0.2, 0) is 13.1 Å². The summed E-state index contributed by atoms with van der Waals surface area (Å²) in [4.78, 5) is 4.07. The van der Waals surface area contributed by atoms with Gasteiger partial charge < -0.3 is 10.3 Å². The first kappa shape index (κ1) is 10.0. The third-order valence-corrected chi connectivity index (χ3v) is 2.58. The SMILES string of the molecule is CCn1cncc1Cn1ncc(Cl)c1N. The number of aryl methyl sites for hydroxylation is 1. The Morgan fingerprint density at radius 2 is 2.27 bits per heavy atom. The van der Waals surface area contributed by atoms with Gasteiger partial charge in [0.25, 0.3) is 0 Å². The zero-order valence-corrected chi connectivity index (χ0v) is 9.15. The van der Waals surface area contributed by atoms with E-state index >= 15 is 0 Å². The number of imidazole rings is 1. The molecule has 2 rings (SSSR count). The Morgan fingerprint density at radius 3 is 2.87 bits per heavy atom. The van der Waals surface area contributed by atoms with Crippen LogP contribution in [0.1, 0.15) is 12.6 Å². The number of aromatic nitrogens is 4. The molecular weight excluding hydrogens is 214 g/mol. The van der Waals surface area contributed by atoms with E-state index in [0.29, 0.717) is 17.4 Å². The molecule has 0 bridgehead atoms. The van der Waals surface area contributed by atoms with Crippen LogP contribution >= 0.6 is 11.6 Å². The second kappa shape index (κ2) is 3.94. The lowest BCUT2D eigenvalue weighted by Crippen LogP contribution is -2.09. The summed E-state index contributed by atoms with van der Waals surface area (Å²) in [5, 5.41) is 4.57. The Kier molecular flexibility index (Phi) is 2.64. The van der Waals surface area contributed by atoms with Crippen LogP contribution in [0.4, 0.5) is 5.82 Å². The Labute approximate surface area is 92.5 Å². The fourth-order valence-electron chi connectivity index (χ4n) is 1.42. The van der Waals surface area contributed by atoms with Crippen molar-refractivity contribution in [3.8, 4) is 0 Å². The highest BCUT2D eigenvalue weighted by molar-refractivity contribution is 6.32. The summed E-state index contributed by atoms with van der Waals surface area (Å²) in [7, 11) is 0. The average Bonchev–Trinajstić information content (AvgIpc) is 2.80. The Morgan fingerprint density at radius 1 is 1.47 bits per heavy atom. The second-order valence-corrected chi connectivity index (χ2v) is 3.61. The van der Waals surface area contributed by atoms with Crippen molar-refractivity contribution < 1.29 is 0 Å². The van der Waals surface area contributed by atoms with Crippen molar-refractivity contribution in [1.29, 1.82) is 0 Å². The highest BCUT2D eigenvalue weighted by Gasteiger charge is 2.07. The average molecular weight is 226 g/mol. The van der Waals surface area contributed by atoms with Gasteiger partial charge in [0.15, 0.2) is 0 Å². The van der Waals surface area contributed by atoms with Crippen LogP contribution in [0, 0.1) is 0 Å². The smallest absolute Gasteiger partial charge is 0.141 e. The van der Waals surface area contributed by atoms with Crippen molar-refractivity contribution in [2.75, 3.05) is 5.73 Å². The zero-order chi connectivity index (χ0) is 10.8. The van der Waals surface area contributed by atoms with Crippen LogP contribution in [0.5, 0.6) is 0 Å². The van der Waals surface area contributed by atoms with Crippen LogP contribution in [0.3, 0.4) is 0 Å². The van der Waals surface area contributed by atoms with Crippen molar-refractivity contribution in [3.63, 3.8) is 0 Å². The number of anilines is 1. The molecular formula is C9H12ClN5. The van der Waals surface area contributed by atoms with Crippen LogP contribution in [0.25, 0.3) is 0 Å². The fourth-order valence-corrected chi connectivity index (χ4v) is 1.56. The molecule has 0 aromatic carbocycles. The van der Waals surface area contributed by atoms with Gasteiger partial charge in [0, 0.05) is 6.54 Å². The number of nitrogens with two attached hydrogens (primary N) is 1. The highest BCUT2D eigenvalue weighted by Crippen LogP contribution is 2.17. The molecule has 0 atom stereocenters. The third-order valence-electron chi connectivity index (χ3n) is 2.28. The van der Waals surface area contributed by atoms with E-state index in [9.17, 15) is 0 Å². The fraction of sp³-hybridized carbons (Fsp3) is 0.333. The molecule has 2 aromatic heterocycles. The first-order valence-corrected chi connectivity index (χ1v) is 5.06. The number of hydrogen-bond donors (Lipinski definition) is 1. The lowest BCUT2D eigenvalue weighted by molar-refractivity contribution is 0.628. The zero-order valence-electron chi connectivity index (χ0n) is 8.39. The summed E-state index contributed by atoms with van der Waals surface area (Å²) in [5.74, 6) is 0.487. The molecule has 0 aliphatic carbocycles. The van der Waals surface area contributed by atoms with Gasteiger partial charge >= 0.3 is 0 Å². The van der Waals surface area contributed by atoms with Gasteiger partial charge in [-0.15, -0.1) is 0 Å². The number of nitrogens with zero attached hydrogens (tertiary/aromatic N) is 4. The van der Waals surface area contributed by atoms with Gasteiger partial charge in [-0.1, -0.05) is 11.6 Å². The van der Waals surface area contributed by atoms with E-state index in [0.717, 1.165) is 12.2 Å². The number of hydrogen-bond acceptors (Lipinski definition) is 3. The lowest BCUT2D eigenvalue weighted by atomic mass is 10.4. The van der Waals surface area contributed by atoms with E-state index in [4.69, 9.17) is 17.3 Å². The monoisotopic (exact) mass is 225 g/mol. The first-order chi connectivity index (χ1) is 7.22. The summed E-state index contributed by atoms with van der Waals surface area (Å²) in [6, 6.07) is 0. The van der Waals surface area contributed by atoms with E-state index in [-0.39, 0.29) is 0 Å². The maximum atomic E-state index is 5.81. The van der Waals surface area contributed by atoms with Gasteiger partial charge in [-0.25, -0.2) is 9.67 Å². The van der Waals surface area contributed by atoms with E-state index in [2.05, 4.69) is 17.0 Å². The molecule has 2 aromatic rings. The molecule has 80 valence electrons. The van der Waals surface area contributed by atoms with Gasteiger partial charge in [-0.05, 0) is 6.92 Å². The van der Waals surface area contributed by atoms with E-state index < -0.39 is 0 Å². The number of rotatable bonds is 3. The van der Waals surface area contributed by atoms with Gasteiger partial charge in [0.2, 0.25) is 0 Å². The van der Waals surface area contributed by atoms with Crippen molar-refractivity contribution >= 4 is 17.4 Å². The van der Waals surface area contributed by atoms with Gasteiger partial charge in [-0.3, -0.25) is 0 Å². The third kappa shape index (κ3) is 1.83. The van der Waals surface area contributed by atoms with Crippen molar-refractivity contribution in [2.24, 2.45) is 0 Å². The largest absolute Gasteiger partial charge is 0.383 e. The molecule has 0 fully saturated rings. The molecule has 0 radical (unpaired) electrons.